The lowest BCUT2D eigenvalue weighted by molar-refractivity contribution is -0.130. The molecule has 3 amide bonds. The summed E-state index contributed by atoms with van der Waals surface area (Å²) in [6, 6.07) is 5.68. The van der Waals surface area contributed by atoms with Gasteiger partial charge in [-0.1, -0.05) is 13.0 Å². The highest BCUT2D eigenvalue weighted by atomic mass is 32.2. The summed E-state index contributed by atoms with van der Waals surface area (Å²) in [6.45, 7) is 6.80. The van der Waals surface area contributed by atoms with Crippen LogP contribution in [0.1, 0.15) is 38.1 Å². The van der Waals surface area contributed by atoms with Gasteiger partial charge in [0.2, 0.25) is 5.91 Å². The van der Waals surface area contributed by atoms with Crippen LogP contribution in [0.25, 0.3) is 0 Å². The Labute approximate surface area is 171 Å². The van der Waals surface area contributed by atoms with E-state index in [0.717, 1.165) is 12.0 Å². The summed E-state index contributed by atoms with van der Waals surface area (Å²) in [5, 5.41) is 2.68. The number of likely N-dealkylation sites (N-methyl/N-ethyl adjacent to an activating group) is 1. The summed E-state index contributed by atoms with van der Waals surface area (Å²) in [6.07, 6.45) is 0.771. The fraction of sp³-hybridized carbons (Fsp3) is 0.600. The third-order valence-corrected chi connectivity index (χ3v) is 6.28. The second-order valence-corrected chi connectivity index (χ2v) is 8.34. The summed E-state index contributed by atoms with van der Waals surface area (Å²) in [5.74, 6) is 1.41. The normalized spacial score (nSPS) is 19.1. The van der Waals surface area contributed by atoms with E-state index in [2.05, 4.69) is 5.32 Å². The molecule has 1 aromatic rings. The number of carbonyl (C=O) groups is 2. The van der Waals surface area contributed by atoms with Gasteiger partial charge in [-0.05, 0) is 38.0 Å². The standard InChI is InChI=1S/C20H31N3O4S/c1-7-17-18(24)23(11-10-22(4)20(25)21-13(2)3)19(28-17)14-8-9-15(26-5)16(12-14)27-6/h8-9,12-13,17,19H,7,10-11H2,1-6H3,(H,21,25)/t17-,19+/m0/s1. The molecule has 2 atom stereocenters. The summed E-state index contributed by atoms with van der Waals surface area (Å²) in [4.78, 5) is 28.5. The van der Waals surface area contributed by atoms with Gasteiger partial charge in [0, 0.05) is 26.2 Å². The highest BCUT2D eigenvalue weighted by Gasteiger charge is 2.40. The molecule has 28 heavy (non-hydrogen) atoms. The molecule has 8 heteroatoms. The maximum absolute atomic E-state index is 12.9. The van der Waals surface area contributed by atoms with Crippen molar-refractivity contribution in [2.24, 2.45) is 0 Å². The molecule has 1 fully saturated rings. The highest BCUT2D eigenvalue weighted by Crippen LogP contribution is 2.45. The number of urea groups is 1. The Hall–Kier alpha value is -2.09. The van der Waals surface area contributed by atoms with E-state index < -0.39 is 0 Å². The minimum atomic E-state index is -0.135. The fourth-order valence-corrected chi connectivity index (χ4v) is 4.48. The molecule has 0 radical (unpaired) electrons. The third-order valence-electron chi connectivity index (χ3n) is 4.63. The highest BCUT2D eigenvalue weighted by molar-refractivity contribution is 8.01. The van der Waals surface area contributed by atoms with Crippen molar-refractivity contribution in [3.63, 3.8) is 0 Å². The molecule has 1 aromatic carbocycles. The number of methoxy groups -OCH3 is 2. The molecule has 0 bridgehead atoms. The number of benzene rings is 1. The van der Waals surface area contributed by atoms with Gasteiger partial charge in [0.1, 0.15) is 5.37 Å². The molecular weight excluding hydrogens is 378 g/mol. The first kappa shape index (κ1) is 22.2. The van der Waals surface area contributed by atoms with Crippen LogP contribution >= 0.6 is 11.8 Å². The number of nitrogens with one attached hydrogen (secondary N) is 1. The van der Waals surface area contributed by atoms with Crippen molar-refractivity contribution >= 4 is 23.7 Å². The maximum atomic E-state index is 12.9. The van der Waals surface area contributed by atoms with Crippen LogP contribution in [-0.2, 0) is 4.79 Å². The molecule has 2 rings (SSSR count). The number of thioether (sulfide) groups is 1. The average Bonchev–Trinajstić information content (AvgIpc) is 3.00. The predicted octanol–water partition coefficient (Wildman–Crippen LogP) is 3.11. The molecule has 1 aliphatic rings. The first-order chi connectivity index (χ1) is 13.3. The number of nitrogens with zero attached hydrogens (tertiary/aromatic N) is 2. The van der Waals surface area contributed by atoms with Crippen molar-refractivity contribution in [1.82, 2.24) is 15.1 Å². The van der Waals surface area contributed by atoms with Crippen molar-refractivity contribution in [2.45, 2.75) is 43.9 Å². The second kappa shape index (κ2) is 9.91. The largest absolute Gasteiger partial charge is 0.493 e. The van der Waals surface area contributed by atoms with Crippen molar-refractivity contribution in [3.8, 4) is 11.5 Å². The van der Waals surface area contributed by atoms with E-state index in [1.165, 1.54) is 0 Å². The van der Waals surface area contributed by atoms with Crippen molar-refractivity contribution in [3.05, 3.63) is 23.8 Å². The van der Waals surface area contributed by atoms with E-state index >= 15 is 0 Å². The number of amides is 3. The van der Waals surface area contributed by atoms with Crippen LogP contribution in [0.15, 0.2) is 18.2 Å². The molecule has 1 aliphatic heterocycles. The fourth-order valence-electron chi connectivity index (χ4n) is 3.07. The van der Waals surface area contributed by atoms with Gasteiger partial charge in [0.25, 0.3) is 0 Å². The SMILES string of the molecule is CC[C@@H]1S[C@H](c2ccc(OC)c(OC)c2)N(CCN(C)C(=O)NC(C)C)C1=O. The van der Waals surface area contributed by atoms with Crippen molar-refractivity contribution < 1.29 is 19.1 Å². The van der Waals surface area contributed by atoms with Crippen LogP contribution < -0.4 is 14.8 Å². The van der Waals surface area contributed by atoms with E-state index in [9.17, 15) is 9.59 Å². The zero-order valence-electron chi connectivity index (χ0n) is 17.5. The summed E-state index contributed by atoms with van der Waals surface area (Å²) in [5.41, 5.74) is 0.987. The topological polar surface area (TPSA) is 71.1 Å². The minimum absolute atomic E-state index is 0.0721. The molecule has 156 valence electrons. The average molecular weight is 410 g/mol. The number of hydrogen-bond donors (Lipinski definition) is 1. The van der Waals surface area contributed by atoms with E-state index in [1.807, 2.05) is 43.9 Å². The molecular formula is C20H31N3O4S. The van der Waals surface area contributed by atoms with Crippen LogP contribution in [0.4, 0.5) is 4.79 Å². The first-order valence-electron chi connectivity index (χ1n) is 9.51. The number of rotatable bonds is 8. The van der Waals surface area contributed by atoms with Gasteiger partial charge >= 0.3 is 6.03 Å². The van der Waals surface area contributed by atoms with Crippen LogP contribution in [0, 0.1) is 0 Å². The minimum Gasteiger partial charge on any atom is -0.493 e. The first-order valence-corrected chi connectivity index (χ1v) is 10.5. The zero-order valence-corrected chi connectivity index (χ0v) is 18.3. The van der Waals surface area contributed by atoms with Crippen LogP contribution in [-0.4, -0.2) is 67.4 Å². The Kier molecular flexibility index (Phi) is 7.86. The van der Waals surface area contributed by atoms with E-state index in [4.69, 9.17) is 9.47 Å². The van der Waals surface area contributed by atoms with Crippen LogP contribution in [0.2, 0.25) is 0 Å². The Morgan fingerprint density at radius 1 is 1.29 bits per heavy atom. The van der Waals surface area contributed by atoms with E-state index in [0.29, 0.717) is 24.6 Å². The quantitative estimate of drug-likeness (QED) is 0.714. The number of ether oxygens (including phenoxy) is 2. The Morgan fingerprint density at radius 2 is 1.96 bits per heavy atom. The molecule has 0 aromatic heterocycles. The van der Waals surface area contributed by atoms with Gasteiger partial charge in [-0.3, -0.25) is 4.79 Å². The van der Waals surface area contributed by atoms with Gasteiger partial charge in [0.15, 0.2) is 11.5 Å². The van der Waals surface area contributed by atoms with Gasteiger partial charge in [-0.25, -0.2) is 4.79 Å². The molecule has 0 aliphatic carbocycles. The molecule has 7 nitrogen and oxygen atoms in total. The molecule has 1 saturated heterocycles. The van der Waals surface area contributed by atoms with Gasteiger partial charge in [0.05, 0.1) is 19.5 Å². The van der Waals surface area contributed by atoms with Crippen LogP contribution in [0.5, 0.6) is 11.5 Å². The predicted molar refractivity (Wildman–Crippen MR) is 112 cm³/mol. The summed E-state index contributed by atoms with van der Waals surface area (Å²) < 4.78 is 10.7. The molecule has 1 heterocycles. The Bertz CT molecular complexity index is 698. The molecule has 0 spiro atoms. The summed E-state index contributed by atoms with van der Waals surface area (Å²) >= 11 is 1.64. The Balaban J connectivity index is 2.18. The number of carbonyl (C=O) groups excluding carboxylic acids is 2. The molecule has 0 unspecified atom stereocenters. The van der Waals surface area contributed by atoms with Crippen molar-refractivity contribution in [2.75, 3.05) is 34.4 Å². The molecule has 1 N–H and O–H groups in total. The maximum Gasteiger partial charge on any atom is 0.317 e. The monoisotopic (exact) mass is 409 g/mol. The smallest absolute Gasteiger partial charge is 0.317 e. The van der Waals surface area contributed by atoms with Gasteiger partial charge in [-0.2, -0.15) is 0 Å². The van der Waals surface area contributed by atoms with Crippen LogP contribution in [0.3, 0.4) is 0 Å². The van der Waals surface area contributed by atoms with Gasteiger partial charge < -0.3 is 24.6 Å². The van der Waals surface area contributed by atoms with Gasteiger partial charge in [-0.15, -0.1) is 11.8 Å². The number of hydrogen-bond acceptors (Lipinski definition) is 5. The zero-order chi connectivity index (χ0) is 20.8. The second-order valence-electron chi connectivity index (χ2n) is 7.06. The third kappa shape index (κ3) is 5.04. The van der Waals surface area contributed by atoms with E-state index in [1.54, 1.807) is 37.9 Å². The lowest BCUT2D eigenvalue weighted by Gasteiger charge is -2.27. The lowest BCUT2D eigenvalue weighted by atomic mass is 10.1. The Morgan fingerprint density at radius 3 is 2.54 bits per heavy atom. The van der Waals surface area contributed by atoms with Crippen molar-refractivity contribution in [1.29, 1.82) is 0 Å². The molecule has 0 saturated carbocycles. The lowest BCUT2D eigenvalue weighted by Crippen LogP contribution is -2.44. The summed E-state index contributed by atoms with van der Waals surface area (Å²) in [7, 11) is 4.94. The van der Waals surface area contributed by atoms with E-state index in [-0.39, 0.29) is 28.6 Å².